The summed E-state index contributed by atoms with van der Waals surface area (Å²) in [5.41, 5.74) is 0.178. The first-order valence-corrected chi connectivity index (χ1v) is 6.41. The Morgan fingerprint density at radius 3 is 2.38 bits per heavy atom. The molecule has 1 aromatic heterocycles. The fourth-order valence-corrected chi connectivity index (χ4v) is 3.49. The van der Waals surface area contributed by atoms with Crippen molar-refractivity contribution in [3.8, 4) is 0 Å². The van der Waals surface area contributed by atoms with E-state index in [1.54, 1.807) is 0 Å². The van der Waals surface area contributed by atoms with Gasteiger partial charge in [0.05, 0.1) is 4.34 Å². The molecule has 0 aliphatic carbocycles. The summed E-state index contributed by atoms with van der Waals surface area (Å²) in [5.74, 6) is -0.288. The third kappa shape index (κ3) is 2.30. The zero-order valence-corrected chi connectivity index (χ0v) is 9.39. The van der Waals surface area contributed by atoms with Crippen molar-refractivity contribution in [3.63, 3.8) is 0 Å². The number of sulfone groups is 1. The Labute approximate surface area is 85.3 Å². The van der Waals surface area contributed by atoms with Crippen molar-refractivity contribution in [1.82, 2.24) is 0 Å². The quantitative estimate of drug-likeness (QED) is 0.741. The van der Waals surface area contributed by atoms with E-state index >= 15 is 0 Å². The normalized spacial score (nSPS) is 11.6. The maximum Gasteiger partial charge on any atom is 0.185 e. The van der Waals surface area contributed by atoms with Gasteiger partial charge in [-0.05, 0) is 13.0 Å². The highest BCUT2D eigenvalue weighted by molar-refractivity contribution is 7.92. The number of ketones is 1. The van der Waals surface area contributed by atoms with Crippen molar-refractivity contribution in [3.05, 3.63) is 16.0 Å². The van der Waals surface area contributed by atoms with Gasteiger partial charge in [0.15, 0.2) is 15.6 Å². The van der Waals surface area contributed by atoms with Crippen LogP contribution in [-0.2, 0) is 9.84 Å². The largest absolute Gasteiger partial charge is 0.294 e. The van der Waals surface area contributed by atoms with E-state index in [9.17, 15) is 13.2 Å². The third-order valence-electron chi connectivity index (χ3n) is 1.38. The minimum absolute atomic E-state index is 0.0463. The van der Waals surface area contributed by atoms with Crippen LogP contribution in [0, 0.1) is 0 Å². The molecule has 0 saturated carbocycles. The van der Waals surface area contributed by atoms with Gasteiger partial charge in [-0.25, -0.2) is 8.42 Å². The van der Waals surface area contributed by atoms with Gasteiger partial charge in [0.1, 0.15) is 4.21 Å². The second-order valence-electron chi connectivity index (χ2n) is 2.58. The summed E-state index contributed by atoms with van der Waals surface area (Å²) in [7, 11) is -3.34. The van der Waals surface area contributed by atoms with Crippen LogP contribution >= 0.6 is 22.9 Å². The number of rotatable bonds is 2. The van der Waals surface area contributed by atoms with Crippen molar-refractivity contribution in [2.45, 2.75) is 11.1 Å². The Morgan fingerprint density at radius 2 is 2.08 bits per heavy atom. The van der Waals surface area contributed by atoms with Gasteiger partial charge in [-0.1, -0.05) is 11.6 Å². The lowest BCUT2D eigenvalue weighted by Crippen LogP contribution is -2.01. The summed E-state index contributed by atoms with van der Waals surface area (Å²) in [6, 6.07) is 1.38. The van der Waals surface area contributed by atoms with Crippen LogP contribution in [-0.4, -0.2) is 20.5 Å². The van der Waals surface area contributed by atoms with Crippen LogP contribution in [0.3, 0.4) is 0 Å². The van der Waals surface area contributed by atoms with Crippen molar-refractivity contribution in [1.29, 1.82) is 0 Å². The lowest BCUT2D eigenvalue weighted by molar-refractivity contribution is 0.101. The highest BCUT2D eigenvalue weighted by Crippen LogP contribution is 2.30. The molecule has 0 aliphatic rings. The van der Waals surface area contributed by atoms with Crippen LogP contribution in [0.2, 0.25) is 4.34 Å². The molecule has 72 valence electrons. The van der Waals surface area contributed by atoms with Gasteiger partial charge >= 0.3 is 0 Å². The molecule has 6 heteroatoms. The van der Waals surface area contributed by atoms with Crippen LogP contribution in [0.1, 0.15) is 17.3 Å². The van der Waals surface area contributed by atoms with E-state index in [4.69, 9.17) is 11.6 Å². The minimum atomic E-state index is -3.34. The Bertz CT molecular complexity index is 444. The summed E-state index contributed by atoms with van der Waals surface area (Å²) in [6.45, 7) is 1.31. The monoisotopic (exact) mass is 238 g/mol. The Kier molecular flexibility index (Phi) is 2.79. The molecule has 0 saturated heterocycles. The van der Waals surface area contributed by atoms with E-state index in [-0.39, 0.29) is 15.6 Å². The number of Topliss-reactive ketones (excluding diaryl/α,β-unsaturated/α-hetero) is 1. The Hall–Kier alpha value is -0.390. The molecule has 0 unspecified atom stereocenters. The molecular weight excluding hydrogens is 232 g/mol. The second kappa shape index (κ2) is 3.40. The molecule has 0 spiro atoms. The van der Waals surface area contributed by atoms with Crippen LogP contribution in [0.5, 0.6) is 0 Å². The molecular formula is C7H7ClO3S2. The minimum Gasteiger partial charge on any atom is -0.294 e. The lowest BCUT2D eigenvalue weighted by atomic mass is 10.2. The summed E-state index contributed by atoms with van der Waals surface area (Å²) in [5, 5.41) is 0. The van der Waals surface area contributed by atoms with Crippen LogP contribution in [0.15, 0.2) is 10.3 Å². The number of halogens is 1. The summed E-state index contributed by atoms with van der Waals surface area (Å²) >= 11 is 6.52. The topological polar surface area (TPSA) is 51.2 Å². The molecule has 0 radical (unpaired) electrons. The molecule has 1 aromatic rings. The van der Waals surface area contributed by atoms with E-state index < -0.39 is 9.84 Å². The Morgan fingerprint density at radius 1 is 1.54 bits per heavy atom. The van der Waals surface area contributed by atoms with E-state index in [0.717, 1.165) is 17.6 Å². The maximum absolute atomic E-state index is 11.2. The first-order chi connectivity index (χ1) is 5.82. The lowest BCUT2D eigenvalue weighted by Gasteiger charge is -1.95. The van der Waals surface area contributed by atoms with E-state index in [2.05, 4.69) is 0 Å². The van der Waals surface area contributed by atoms with E-state index in [1.807, 2.05) is 0 Å². The number of hydrogen-bond acceptors (Lipinski definition) is 4. The standard InChI is InChI=1S/C7H7ClO3S2/c1-4(9)5-3-6(8)12-7(5)13(2,10)11/h3H,1-2H3. The fraction of sp³-hybridized carbons (Fsp3) is 0.286. The third-order valence-corrected chi connectivity index (χ3v) is 4.49. The average molecular weight is 239 g/mol. The smallest absolute Gasteiger partial charge is 0.185 e. The second-order valence-corrected chi connectivity index (χ2v) is 6.47. The predicted molar refractivity (Wildman–Crippen MR) is 52.4 cm³/mol. The van der Waals surface area contributed by atoms with Crippen molar-refractivity contribution >= 4 is 38.6 Å². The zero-order valence-electron chi connectivity index (χ0n) is 7.00. The van der Waals surface area contributed by atoms with Gasteiger partial charge in [0, 0.05) is 11.8 Å². The van der Waals surface area contributed by atoms with Gasteiger partial charge < -0.3 is 0 Å². The molecule has 0 aromatic carbocycles. The molecule has 1 rings (SSSR count). The molecule has 0 fully saturated rings. The number of thiophene rings is 1. The number of hydrogen-bond donors (Lipinski definition) is 0. The van der Waals surface area contributed by atoms with Crippen molar-refractivity contribution in [2.75, 3.05) is 6.26 Å². The highest BCUT2D eigenvalue weighted by Gasteiger charge is 2.19. The zero-order chi connectivity index (χ0) is 10.2. The molecule has 0 atom stereocenters. The first kappa shape index (κ1) is 10.7. The molecule has 0 aliphatic heterocycles. The van der Waals surface area contributed by atoms with Crippen molar-refractivity contribution in [2.24, 2.45) is 0 Å². The van der Waals surface area contributed by atoms with Crippen LogP contribution in [0.25, 0.3) is 0 Å². The van der Waals surface area contributed by atoms with Gasteiger partial charge in [-0.2, -0.15) is 0 Å². The number of carbonyl (C=O) groups is 1. The van der Waals surface area contributed by atoms with Gasteiger partial charge in [-0.3, -0.25) is 4.79 Å². The first-order valence-electron chi connectivity index (χ1n) is 3.32. The average Bonchev–Trinajstić information content (AvgIpc) is 2.29. The molecule has 0 amide bonds. The van der Waals surface area contributed by atoms with E-state index in [0.29, 0.717) is 4.34 Å². The van der Waals surface area contributed by atoms with Gasteiger partial charge in [0.2, 0.25) is 0 Å². The fourth-order valence-electron chi connectivity index (χ4n) is 0.866. The SMILES string of the molecule is CC(=O)c1cc(Cl)sc1S(C)(=O)=O. The molecule has 0 N–H and O–H groups in total. The molecule has 1 heterocycles. The predicted octanol–water partition coefficient (Wildman–Crippen LogP) is 2.01. The van der Waals surface area contributed by atoms with Crippen LogP contribution in [0.4, 0.5) is 0 Å². The van der Waals surface area contributed by atoms with Crippen LogP contribution < -0.4 is 0 Å². The molecule has 13 heavy (non-hydrogen) atoms. The van der Waals surface area contributed by atoms with Crippen molar-refractivity contribution < 1.29 is 13.2 Å². The van der Waals surface area contributed by atoms with E-state index in [1.165, 1.54) is 13.0 Å². The summed E-state index contributed by atoms with van der Waals surface area (Å²) in [4.78, 5) is 11.0. The Balaban J connectivity index is 3.46. The summed E-state index contributed by atoms with van der Waals surface area (Å²) < 4.78 is 22.7. The van der Waals surface area contributed by atoms with Gasteiger partial charge in [-0.15, -0.1) is 11.3 Å². The highest BCUT2D eigenvalue weighted by atomic mass is 35.5. The summed E-state index contributed by atoms with van der Waals surface area (Å²) in [6.07, 6.45) is 1.06. The van der Waals surface area contributed by atoms with Gasteiger partial charge in [0.25, 0.3) is 0 Å². The molecule has 0 bridgehead atoms. The number of carbonyl (C=O) groups excluding carboxylic acids is 1. The maximum atomic E-state index is 11.2. The molecule has 3 nitrogen and oxygen atoms in total.